The van der Waals surface area contributed by atoms with E-state index in [0.29, 0.717) is 10.6 Å². The monoisotopic (exact) mass is 366 g/mol. The van der Waals surface area contributed by atoms with Crippen molar-refractivity contribution in [2.45, 2.75) is 0 Å². The Morgan fingerprint density at radius 3 is 2.62 bits per heavy atom. The van der Waals surface area contributed by atoms with Crippen molar-refractivity contribution in [3.8, 4) is 0 Å². The number of halogens is 2. The first-order valence-electron chi connectivity index (χ1n) is 6.04. The van der Waals surface area contributed by atoms with Crippen molar-refractivity contribution in [1.82, 2.24) is 0 Å². The van der Waals surface area contributed by atoms with Crippen molar-refractivity contribution in [2.24, 2.45) is 5.10 Å². The summed E-state index contributed by atoms with van der Waals surface area (Å²) in [4.78, 5) is 11.9. The molecule has 0 saturated carbocycles. The van der Waals surface area contributed by atoms with E-state index in [-0.39, 0.29) is 5.71 Å². The van der Waals surface area contributed by atoms with Crippen LogP contribution in [-0.4, -0.2) is 18.8 Å². The summed E-state index contributed by atoms with van der Waals surface area (Å²) in [6, 6.07) is 14.5. The molecule has 2 rings (SSSR count). The van der Waals surface area contributed by atoms with E-state index in [4.69, 9.17) is 16.3 Å². The summed E-state index contributed by atoms with van der Waals surface area (Å²) in [6.45, 7) is 0. The smallest absolute Gasteiger partial charge is 0.359 e. The van der Waals surface area contributed by atoms with Gasteiger partial charge in [0, 0.05) is 10.0 Å². The minimum absolute atomic E-state index is 0.104. The molecule has 6 heteroatoms. The molecule has 0 aromatic heterocycles. The summed E-state index contributed by atoms with van der Waals surface area (Å²) in [5.74, 6) is -0.571. The van der Waals surface area contributed by atoms with E-state index in [1.807, 2.05) is 30.3 Å². The number of methoxy groups -OCH3 is 1. The first-order chi connectivity index (χ1) is 10.1. The van der Waals surface area contributed by atoms with Gasteiger partial charge in [-0.05, 0) is 30.3 Å². The van der Waals surface area contributed by atoms with Crippen molar-refractivity contribution >= 4 is 44.9 Å². The van der Waals surface area contributed by atoms with Crippen LogP contribution < -0.4 is 5.43 Å². The molecule has 0 saturated heterocycles. The van der Waals surface area contributed by atoms with Gasteiger partial charge in [-0.2, -0.15) is 5.10 Å². The van der Waals surface area contributed by atoms with Gasteiger partial charge in [-0.25, -0.2) is 4.79 Å². The fourth-order valence-corrected chi connectivity index (χ4v) is 2.19. The molecule has 0 amide bonds. The van der Waals surface area contributed by atoms with Gasteiger partial charge in [0.1, 0.15) is 0 Å². The van der Waals surface area contributed by atoms with Gasteiger partial charge in [-0.3, -0.25) is 5.43 Å². The molecule has 0 fully saturated rings. The minimum Gasteiger partial charge on any atom is -0.464 e. The lowest BCUT2D eigenvalue weighted by Gasteiger charge is -2.08. The highest BCUT2D eigenvalue weighted by Gasteiger charge is 2.18. The second-order valence-corrected chi connectivity index (χ2v) is 5.38. The average molecular weight is 368 g/mol. The zero-order chi connectivity index (χ0) is 15.2. The van der Waals surface area contributed by atoms with Crippen molar-refractivity contribution in [3.63, 3.8) is 0 Å². The number of esters is 1. The Labute approximate surface area is 135 Å². The molecular weight excluding hydrogens is 356 g/mol. The highest BCUT2D eigenvalue weighted by molar-refractivity contribution is 9.10. The van der Waals surface area contributed by atoms with Crippen LogP contribution in [-0.2, 0) is 9.53 Å². The number of ether oxygens (including phenoxy) is 1. The maximum absolute atomic E-state index is 11.9. The first-order valence-corrected chi connectivity index (χ1v) is 7.21. The Bertz CT molecular complexity index is 675. The zero-order valence-corrected chi connectivity index (χ0v) is 13.5. The summed E-state index contributed by atoms with van der Waals surface area (Å²) in [5.41, 5.74) is 4.16. The van der Waals surface area contributed by atoms with Crippen LogP contribution in [0.2, 0.25) is 5.02 Å². The van der Waals surface area contributed by atoms with Gasteiger partial charge in [0.25, 0.3) is 0 Å². The highest BCUT2D eigenvalue weighted by atomic mass is 79.9. The first kappa shape index (κ1) is 15.5. The van der Waals surface area contributed by atoms with Gasteiger partial charge in [-0.15, -0.1) is 0 Å². The quantitative estimate of drug-likeness (QED) is 0.503. The Morgan fingerprint density at radius 2 is 1.95 bits per heavy atom. The lowest BCUT2D eigenvalue weighted by Crippen LogP contribution is -2.19. The average Bonchev–Trinajstić information content (AvgIpc) is 2.51. The highest BCUT2D eigenvalue weighted by Crippen LogP contribution is 2.22. The molecule has 2 aromatic carbocycles. The number of hydrazone groups is 1. The van der Waals surface area contributed by atoms with Gasteiger partial charge in [0.15, 0.2) is 5.71 Å². The number of benzene rings is 2. The number of carbonyl (C=O) groups excluding carboxylic acids is 1. The van der Waals surface area contributed by atoms with Gasteiger partial charge in [0.05, 0.1) is 17.8 Å². The van der Waals surface area contributed by atoms with Crippen LogP contribution >= 0.6 is 27.5 Å². The van der Waals surface area contributed by atoms with Gasteiger partial charge in [0.2, 0.25) is 0 Å². The van der Waals surface area contributed by atoms with Crippen molar-refractivity contribution < 1.29 is 9.53 Å². The van der Waals surface area contributed by atoms with E-state index in [9.17, 15) is 4.79 Å². The maximum Gasteiger partial charge on any atom is 0.359 e. The number of carbonyl (C=O) groups is 1. The van der Waals surface area contributed by atoms with Crippen LogP contribution in [0, 0.1) is 0 Å². The predicted octanol–water partition coefficient (Wildman–Crippen LogP) is 4.09. The van der Waals surface area contributed by atoms with E-state index in [0.717, 1.165) is 10.2 Å². The number of nitrogens with zero attached hydrogens (tertiary/aromatic N) is 1. The Kier molecular flexibility index (Phi) is 5.36. The Morgan fingerprint density at radius 1 is 1.24 bits per heavy atom. The van der Waals surface area contributed by atoms with E-state index in [1.54, 1.807) is 18.2 Å². The number of anilines is 1. The van der Waals surface area contributed by atoms with E-state index in [2.05, 4.69) is 26.5 Å². The van der Waals surface area contributed by atoms with E-state index >= 15 is 0 Å². The molecule has 21 heavy (non-hydrogen) atoms. The summed E-state index contributed by atoms with van der Waals surface area (Å²) >= 11 is 9.48. The molecule has 0 heterocycles. The van der Waals surface area contributed by atoms with Crippen LogP contribution in [0.4, 0.5) is 5.69 Å². The molecule has 2 aromatic rings. The molecule has 1 N–H and O–H groups in total. The lowest BCUT2D eigenvalue weighted by atomic mass is 10.1. The molecule has 0 aliphatic carbocycles. The van der Waals surface area contributed by atoms with Crippen LogP contribution in [0.3, 0.4) is 0 Å². The summed E-state index contributed by atoms with van der Waals surface area (Å²) in [7, 11) is 1.30. The number of rotatable bonds is 4. The lowest BCUT2D eigenvalue weighted by molar-refractivity contribution is -0.132. The largest absolute Gasteiger partial charge is 0.464 e. The molecule has 0 aliphatic rings. The second-order valence-electron chi connectivity index (χ2n) is 4.05. The van der Waals surface area contributed by atoms with Crippen LogP contribution in [0.1, 0.15) is 5.56 Å². The van der Waals surface area contributed by atoms with Crippen molar-refractivity contribution in [1.29, 1.82) is 0 Å². The van der Waals surface area contributed by atoms with Crippen LogP contribution in [0.25, 0.3) is 0 Å². The van der Waals surface area contributed by atoms with Gasteiger partial charge >= 0.3 is 5.97 Å². The minimum atomic E-state index is -0.571. The fourth-order valence-electron chi connectivity index (χ4n) is 1.62. The molecule has 0 radical (unpaired) electrons. The maximum atomic E-state index is 11.9. The van der Waals surface area contributed by atoms with Crippen LogP contribution in [0.5, 0.6) is 0 Å². The number of hydrogen-bond acceptors (Lipinski definition) is 4. The summed E-state index contributed by atoms with van der Waals surface area (Å²) in [6.07, 6.45) is 0. The zero-order valence-electron chi connectivity index (χ0n) is 11.1. The molecule has 108 valence electrons. The fraction of sp³-hybridized carbons (Fsp3) is 0.0667. The third kappa shape index (κ3) is 4.06. The number of nitrogens with one attached hydrogen (secondary N) is 1. The Balaban J connectivity index is 2.39. The molecule has 0 unspecified atom stereocenters. The normalized spacial score (nSPS) is 11.1. The number of para-hydroxylation sites is 1. The van der Waals surface area contributed by atoms with Gasteiger partial charge in [-0.1, -0.05) is 45.7 Å². The molecule has 0 bridgehead atoms. The SMILES string of the molecule is COC(=O)/C(=N\Nc1ccccc1)c1cc(Br)ccc1Cl. The predicted molar refractivity (Wildman–Crippen MR) is 87.8 cm³/mol. The molecule has 4 nitrogen and oxygen atoms in total. The van der Waals surface area contributed by atoms with Crippen molar-refractivity contribution in [3.05, 3.63) is 63.6 Å². The molecule has 0 atom stereocenters. The second kappa shape index (κ2) is 7.24. The number of hydrogen-bond donors (Lipinski definition) is 1. The van der Waals surface area contributed by atoms with E-state index < -0.39 is 5.97 Å². The third-order valence-electron chi connectivity index (χ3n) is 2.63. The van der Waals surface area contributed by atoms with Crippen molar-refractivity contribution in [2.75, 3.05) is 12.5 Å². The third-order valence-corrected chi connectivity index (χ3v) is 3.46. The molecule has 0 spiro atoms. The van der Waals surface area contributed by atoms with Crippen LogP contribution in [0.15, 0.2) is 58.1 Å². The van der Waals surface area contributed by atoms with Gasteiger partial charge < -0.3 is 4.74 Å². The summed E-state index contributed by atoms with van der Waals surface area (Å²) < 4.78 is 5.56. The summed E-state index contributed by atoms with van der Waals surface area (Å²) in [5, 5.41) is 4.54. The topological polar surface area (TPSA) is 50.7 Å². The Hall–Kier alpha value is -1.85. The molecular formula is C15H12BrClN2O2. The van der Waals surface area contributed by atoms with E-state index in [1.165, 1.54) is 7.11 Å². The standard InChI is InChI=1S/C15H12BrClN2O2/c1-21-15(20)14(12-9-10(16)7-8-13(12)17)19-18-11-5-3-2-4-6-11/h2-9,18H,1H3/b19-14-. The molecule has 0 aliphatic heterocycles.